The van der Waals surface area contributed by atoms with Crippen molar-refractivity contribution >= 4 is 44.0 Å². The first-order chi connectivity index (χ1) is 14.8. The van der Waals surface area contributed by atoms with Crippen LogP contribution in [0.2, 0.25) is 0 Å². The molecule has 0 saturated heterocycles. The van der Waals surface area contributed by atoms with Crippen molar-refractivity contribution < 1.29 is 4.79 Å². The van der Waals surface area contributed by atoms with Crippen molar-refractivity contribution in [3.05, 3.63) is 78.8 Å². The van der Waals surface area contributed by atoms with Gasteiger partial charge in [-0.05, 0) is 47.7 Å². The Morgan fingerprint density at radius 2 is 1.97 bits per heavy atom. The number of anilines is 1. The third kappa shape index (κ3) is 3.75. The number of rotatable bonds is 5. The molecule has 6 nitrogen and oxygen atoms in total. The van der Waals surface area contributed by atoms with E-state index in [0.29, 0.717) is 6.54 Å². The van der Waals surface area contributed by atoms with E-state index in [1.807, 2.05) is 42.6 Å². The summed E-state index contributed by atoms with van der Waals surface area (Å²) in [7, 11) is 0. The van der Waals surface area contributed by atoms with E-state index >= 15 is 0 Å². The number of urea groups is 1. The third-order valence-electron chi connectivity index (χ3n) is 4.92. The van der Waals surface area contributed by atoms with Crippen LogP contribution in [0.5, 0.6) is 0 Å². The van der Waals surface area contributed by atoms with Crippen LogP contribution in [-0.2, 0) is 6.42 Å². The number of aromatic amines is 1. The monoisotopic (exact) mass is 413 g/mol. The lowest BCUT2D eigenvalue weighted by molar-refractivity contribution is 0.252. The summed E-state index contributed by atoms with van der Waals surface area (Å²) < 4.78 is 1.23. The van der Waals surface area contributed by atoms with Gasteiger partial charge in [0, 0.05) is 45.2 Å². The number of fused-ring (bicyclic) bond motifs is 2. The largest absolute Gasteiger partial charge is 0.338 e. The molecule has 7 heteroatoms. The van der Waals surface area contributed by atoms with Crippen molar-refractivity contribution in [3.8, 4) is 10.4 Å². The minimum Gasteiger partial charge on any atom is -0.338 e. The molecule has 0 aliphatic rings. The molecule has 0 unspecified atom stereocenters. The van der Waals surface area contributed by atoms with Crippen LogP contribution in [0.4, 0.5) is 10.5 Å². The number of pyridine rings is 1. The Morgan fingerprint density at radius 3 is 2.83 bits per heavy atom. The highest BCUT2D eigenvalue weighted by Crippen LogP contribution is 2.38. The molecule has 3 heterocycles. The van der Waals surface area contributed by atoms with Crippen LogP contribution in [0.15, 0.2) is 73.2 Å². The topological polar surface area (TPSA) is 82.7 Å². The van der Waals surface area contributed by atoms with Gasteiger partial charge in [-0.3, -0.25) is 10.1 Å². The molecule has 30 heavy (non-hydrogen) atoms. The van der Waals surface area contributed by atoms with Gasteiger partial charge in [0.1, 0.15) is 0 Å². The third-order valence-corrected chi connectivity index (χ3v) is 6.07. The zero-order valence-electron chi connectivity index (χ0n) is 16.1. The number of carbonyl (C=O) groups excluding carboxylic acids is 1. The van der Waals surface area contributed by atoms with Crippen molar-refractivity contribution in [2.45, 2.75) is 6.42 Å². The van der Waals surface area contributed by atoms with E-state index in [9.17, 15) is 4.79 Å². The molecular weight excluding hydrogens is 394 g/mol. The molecule has 5 rings (SSSR count). The minimum atomic E-state index is -0.232. The van der Waals surface area contributed by atoms with Gasteiger partial charge in [0.05, 0.1) is 11.7 Å². The second kappa shape index (κ2) is 7.96. The summed E-state index contributed by atoms with van der Waals surface area (Å²) in [4.78, 5) is 17.6. The van der Waals surface area contributed by atoms with E-state index in [4.69, 9.17) is 0 Å². The fourth-order valence-electron chi connectivity index (χ4n) is 3.48. The maximum atomic E-state index is 12.4. The number of nitrogens with zero attached hydrogens (tertiary/aromatic N) is 2. The number of aromatic nitrogens is 3. The molecule has 0 bridgehead atoms. The lowest BCUT2D eigenvalue weighted by Gasteiger charge is -2.10. The van der Waals surface area contributed by atoms with Crippen molar-refractivity contribution in [2.24, 2.45) is 0 Å². The maximum absolute atomic E-state index is 12.4. The molecule has 0 aliphatic carbocycles. The Kier molecular flexibility index (Phi) is 4.86. The minimum absolute atomic E-state index is 0.232. The molecule has 0 saturated carbocycles. The summed E-state index contributed by atoms with van der Waals surface area (Å²) in [6, 6.07) is 18.1. The van der Waals surface area contributed by atoms with E-state index in [2.05, 4.69) is 44.0 Å². The van der Waals surface area contributed by atoms with Gasteiger partial charge in [0.15, 0.2) is 0 Å². The molecule has 148 valence electrons. The molecule has 0 spiro atoms. The number of H-pyrrole nitrogens is 1. The first-order valence-corrected chi connectivity index (χ1v) is 10.5. The summed E-state index contributed by atoms with van der Waals surface area (Å²) in [6.45, 7) is 0.536. The van der Waals surface area contributed by atoms with E-state index < -0.39 is 0 Å². The zero-order valence-corrected chi connectivity index (χ0v) is 16.9. The predicted molar refractivity (Wildman–Crippen MR) is 122 cm³/mol. The molecular formula is C23H19N5OS. The number of amides is 2. The molecule has 3 N–H and O–H groups in total. The van der Waals surface area contributed by atoms with Crippen LogP contribution in [0.3, 0.4) is 0 Å². The molecule has 0 fully saturated rings. The van der Waals surface area contributed by atoms with Gasteiger partial charge in [-0.1, -0.05) is 24.3 Å². The van der Waals surface area contributed by atoms with Gasteiger partial charge in [-0.2, -0.15) is 5.10 Å². The Hall–Kier alpha value is -3.71. The number of benzene rings is 2. The molecule has 5 aromatic rings. The summed E-state index contributed by atoms with van der Waals surface area (Å²) >= 11 is 1.73. The number of hydrogen-bond acceptors (Lipinski definition) is 4. The highest BCUT2D eigenvalue weighted by molar-refractivity contribution is 7.22. The van der Waals surface area contributed by atoms with Crippen LogP contribution in [0.25, 0.3) is 31.4 Å². The summed E-state index contributed by atoms with van der Waals surface area (Å²) in [5, 5.41) is 15.3. The van der Waals surface area contributed by atoms with Crippen LogP contribution >= 0.6 is 11.3 Å². The van der Waals surface area contributed by atoms with E-state index in [1.165, 1.54) is 10.1 Å². The van der Waals surface area contributed by atoms with Crippen molar-refractivity contribution in [1.29, 1.82) is 0 Å². The van der Waals surface area contributed by atoms with Crippen LogP contribution in [0.1, 0.15) is 5.56 Å². The first-order valence-electron chi connectivity index (χ1n) is 9.66. The molecule has 2 aromatic carbocycles. The standard InChI is InChI=1S/C23H19N5OS/c29-23(25-9-7-15-4-3-8-24-13-15)27-18-10-17-14-26-28-22(17)19(12-18)21-11-16-5-1-2-6-20(16)30-21/h1-6,8,10-14H,7,9H2,(H,26,28)(H2,25,27,29). The molecule has 0 atom stereocenters. The van der Waals surface area contributed by atoms with Crippen molar-refractivity contribution in [2.75, 3.05) is 11.9 Å². The average molecular weight is 414 g/mol. The van der Waals surface area contributed by atoms with Gasteiger partial charge < -0.3 is 10.6 Å². The van der Waals surface area contributed by atoms with E-state index in [1.54, 1.807) is 23.7 Å². The molecule has 3 aromatic heterocycles. The van der Waals surface area contributed by atoms with Gasteiger partial charge in [-0.15, -0.1) is 11.3 Å². The predicted octanol–water partition coefficient (Wildman–Crippen LogP) is 5.20. The quantitative estimate of drug-likeness (QED) is 0.370. The normalized spacial score (nSPS) is 11.1. The SMILES string of the molecule is O=C(NCCc1cccnc1)Nc1cc(-c2cc3ccccc3s2)c2[nH]ncc2c1. The highest BCUT2D eigenvalue weighted by atomic mass is 32.1. The van der Waals surface area contributed by atoms with Crippen LogP contribution < -0.4 is 10.6 Å². The lowest BCUT2D eigenvalue weighted by Crippen LogP contribution is -2.30. The summed E-state index contributed by atoms with van der Waals surface area (Å²) in [5.74, 6) is 0. The average Bonchev–Trinajstić information content (AvgIpc) is 3.40. The van der Waals surface area contributed by atoms with Crippen LogP contribution in [0, 0.1) is 0 Å². The van der Waals surface area contributed by atoms with Crippen molar-refractivity contribution in [3.63, 3.8) is 0 Å². The number of thiophene rings is 1. The lowest BCUT2D eigenvalue weighted by atomic mass is 10.1. The zero-order chi connectivity index (χ0) is 20.3. The summed E-state index contributed by atoms with van der Waals surface area (Å²) in [5.41, 5.74) is 3.81. The fourth-order valence-corrected chi connectivity index (χ4v) is 4.57. The molecule has 0 aliphatic heterocycles. The van der Waals surface area contributed by atoms with E-state index in [0.717, 1.165) is 39.0 Å². The summed E-state index contributed by atoms with van der Waals surface area (Å²) in [6.07, 6.45) is 6.06. The Bertz CT molecular complexity index is 1290. The second-order valence-corrected chi connectivity index (χ2v) is 8.08. The van der Waals surface area contributed by atoms with E-state index in [-0.39, 0.29) is 6.03 Å². The van der Waals surface area contributed by atoms with Gasteiger partial charge in [0.2, 0.25) is 0 Å². The number of hydrogen-bond donors (Lipinski definition) is 3. The van der Waals surface area contributed by atoms with Crippen LogP contribution in [-0.4, -0.2) is 27.8 Å². The molecule has 0 radical (unpaired) electrons. The number of nitrogens with one attached hydrogen (secondary N) is 3. The Morgan fingerprint density at radius 1 is 1.03 bits per heavy atom. The van der Waals surface area contributed by atoms with Crippen molar-refractivity contribution in [1.82, 2.24) is 20.5 Å². The highest BCUT2D eigenvalue weighted by Gasteiger charge is 2.12. The Balaban J connectivity index is 1.36. The van der Waals surface area contributed by atoms with Gasteiger partial charge in [0.25, 0.3) is 0 Å². The van der Waals surface area contributed by atoms with Gasteiger partial charge in [-0.25, -0.2) is 4.79 Å². The molecule has 2 amide bonds. The van der Waals surface area contributed by atoms with Gasteiger partial charge >= 0.3 is 6.03 Å². The smallest absolute Gasteiger partial charge is 0.319 e. The number of carbonyl (C=O) groups is 1. The first kappa shape index (κ1) is 18.3. The second-order valence-electron chi connectivity index (χ2n) is 7.00. The fraction of sp³-hybridized carbons (Fsp3) is 0.0870. The maximum Gasteiger partial charge on any atom is 0.319 e. The Labute approximate surface area is 177 Å².